The van der Waals surface area contributed by atoms with Crippen LogP contribution in [0, 0.1) is 0 Å². The van der Waals surface area contributed by atoms with E-state index in [1.54, 1.807) is 29.3 Å². The Bertz CT molecular complexity index is 806. The first-order valence-corrected chi connectivity index (χ1v) is 9.51. The number of carbonyl (C=O) groups is 1. The van der Waals surface area contributed by atoms with Crippen LogP contribution < -0.4 is 10.0 Å². The second kappa shape index (κ2) is 9.36. The van der Waals surface area contributed by atoms with Gasteiger partial charge in [-0.1, -0.05) is 0 Å². The van der Waals surface area contributed by atoms with Crippen LogP contribution in [-0.2, 0) is 34.6 Å². The zero-order valence-electron chi connectivity index (χ0n) is 14.8. The Labute approximate surface area is 152 Å². The maximum absolute atomic E-state index is 11.9. The van der Waals surface area contributed by atoms with Crippen molar-refractivity contribution in [2.75, 3.05) is 14.1 Å². The number of carbonyl (C=O) groups excluding carboxylic acids is 1. The Morgan fingerprint density at radius 1 is 1.31 bits per heavy atom. The lowest BCUT2D eigenvalue weighted by atomic mass is 10.2. The summed E-state index contributed by atoms with van der Waals surface area (Å²) >= 11 is 0. The van der Waals surface area contributed by atoms with Gasteiger partial charge in [0.15, 0.2) is 0 Å². The van der Waals surface area contributed by atoms with Crippen LogP contribution in [0.25, 0.3) is 0 Å². The van der Waals surface area contributed by atoms with Crippen molar-refractivity contribution in [3.05, 3.63) is 42.2 Å². The molecule has 10 nitrogen and oxygen atoms in total. The molecule has 2 aromatic heterocycles. The van der Waals surface area contributed by atoms with E-state index in [2.05, 4.69) is 25.1 Å². The molecule has 1 amide bonds. The van der Waals surface area contributed by atoms with Crippen molar-refractivity contribution in [2.24, 2.45) is 0 Å². The molecule has 0 aromatic carbocycles. The number of rotatable bonds is 10. The van der Waals surface area contributed by atoms with Gasteiger partial charge in [0.25, 0.3) is 10.2 Å². The SMILES string of the molecule is CN(C)S(=O)(=O)NCc1ccnc(CNC(=O)CCCn2cncn2)c1. The minimum Gasteiger partial charge on any atom is -0.350 e. The Kier molecular flexibility index (Phi) is 7.18. The van der Waals surface area contributed by atoms with Gasteiger partial charge in [-0.05, 0) is 24.1 Å². The second-order valence-electron chi connectivity index (χ2n) is 5.80. The molecule has 0 bridgehead atoms. The lowest BCUT2D eigenvalue weighted by molar-refractivity contribution is -0.121. The quantitative estimate of drug-likeness (QED) is 0.581. The fourth-order valence-corrected chi connectivity index (χ4v) is 2.67. The number of amides is 1. The smallest absolute Gasteiger partial charge is 0.279 e. The van der Waals surface area contributed by atoms with Crippen LogP contribution in [0.4, 0.5) is 0 Å². The molecule has 0 radical (unpaired) electrons. The van der Waals surface area contributed by atoms with E-state index in [9.17, 15) is 13.2 Å². The van der Waals surface area contributed by atoms with Gasteiger partial charge in [0.05, 0.1) is 12.2 Å². The summed E-state index contributed by atoms with van der Waals surface area (Å²) in [5, 5.41) is 6.78. The third-order valence-corrected chi connectivity index (χ3v) is 5.02. The van der Waals surface area contributed by atoms with Gasteiger partial charge < -0.3 is 5.32 Å². The van der Waals surface area contributed by atoms with E-state index in [0.29, 0.717) is 25.1 Å². The number of pyridine rings is 1. The van der Waals surface area contributed by atoms with Crippen LogP contribution in [0.3, 0.4) is 0 Å². The largest absolute Gasteiger partial charge is 0.350 e. The highest BCUT2D eigenvalue weighted by molar-refractivity contribution is 7.87. The van der Waals surface area contributed by atoms with E-state index in [0.717, 1.165) is 9.87 Å². The summed E-state index contributed by atoms with van der Waals surface area (Å²) < 4.78 is 28.7. The summed E-state index contributed by atoms with van der Waals surface area (Å²) in [5.74, 6) is -0.0781. The van der Waals surface area contributed by atoms with E-state index >= 15 is 0 Å². The van der Waals surface area contributed by atoms with Gasteiger partial charge in [0, 0.05) is 39.8 Å². The lowest BCUT2D eigenvalue weighted by Crippen LogP contribution is -2.35. The Hall–Kier alpha value is -2.37. The summed E-state index contributed by atoms with van der Waals surface area (Å²) in [6, 6.07) is 3.48. The van der Waals surface area contributed by atoms with Gasteiger partial charge in [0.1, 0.15) is 12.7 Å². The van der Waals surface area contributed by atoms with Crippen molar-refractivity contribution in [1.82, 2.24) is 34.1 Å². The van der Waals surface area contributed by atoms with E-state index in [-0.39, 0.29) is 19.0 Å². The molecule has 0 atom stereocenters. The van der Waals surface area contributed by atoms with Crippen molar-refractivity contribution in [2.45, 2.75) is 32.5 Å². The molecule has 0 unspecified atom stereocenters. The molecule has 2 N–H and O–H groups in total. The molecule has 26 heavy (non-hydrogen) atoms. The first-order valence-electron chi connectivity index (χ1n) is 8.07. The lowest BCUT2D eigenvalue weighted by Gasteiger charge is -2.12. The Morgan fingerprint density at radius 3 is 2.81 bits per heavy atom. The molecule has 142 valence electrons. The highest BCUT2D eigenvalue weighted by Crippen LogP contribution is 2.03. The highest BCUT2D eigenvalue weighted by atomic mass is 32.2. The molecule has 0 aliphatic carbocycles. The fraction of sp³-hybridized carbons (Fsp3) is 0.467. The Morgan fingerprint density at radius 2 is 2.12 bits per heavy atom. The van der Waals surface area contributed by atoms with Gasteiger partial charge in [-0.2, -0.15) is 22.5 Å². The van der Waals surface area contributed by atoms with E-state index in [1.807, 2.05) is 0 Å². The minimum atomic E-state index is -3.48. The molecule has 2 heterocycles. The van der Waals surface area contributed by atoms with Crippen molar-refractivity contribution in [3.8, 4) is 0 Å². The van der Waals surface area contributed by atoms with Crippen molar-refractivity contribution in [3.63, 3.8) is 0 Å². The van der Waals surface area contributed by atoms with E-state index in [4.69, 9.17) is 0 Å². The monoisotopic (exact) mass is 381 g/mol. The zero-order chi connectivity index (χ0) is 19.0. The fourth-order valence-electron chi connectivity index (χ4n) is 2.07. The molecule has 0 saturated carbocycles. The number of aromatic nitrogens is 4. The van der Waals surface area contributed by atoms with E-state index < -0.39 is 10.2 Å². The van der Waals surface area contributed by atoms with Crippen LogP contribution in [0.15, 0.2) is 31.0 Å². The van der Waals surface area contributed by atoms with Crippen LogP contribution in [0.1, 0.15) is 24.1 Å². The minimum absolute atomic E-state index is 0.0781. The molecule has 0 aliphatic rings. The number of hydrogen-bond donors (Lipinski definition) is 2. The van der Waals surface area contributed by atoms with Gasteiger partial charge in [-0.3, -0.25) is 14.5 Å². The third-order valence-electron chi connectivity index (χ3n) is 3.54. The van der Waals surface area contributed by atoms with Crippen molar-refractivity contribution >= 4 is 16.1 Å². The summed E-state index contributed by atoms with van der Waals surface area (Å²) in [7, 11) is -0.568. The van der Waals surface area contributed by atoms with Crippen LogP contribution >= 0.6 is 0 Å². The number of aryl methyl sites for hydroxylation is 1. The topological polar surface area (TPSA) is 122 Å². The molecular formula is C15H23N7O3S. The van der Waals surface area contributed by atoms with Gasteiger partial charge in [-0.25, -0.2) is 4.98 Å². The number of nitrogens with one attached hydrogen (secondary N) is 2. The first kappa shape index (κ1) is 19.9. The molecule has 0 spiro atoms. The summed E-state index contributed by atoms with van der Waals surface area (Å²) in [6.45, 7) is 1.07. The number of nitrogens with zero attached hydrogens (tertiary/aromatic N) is 5. The van der Waals surface area contributed by atoms with Crippen LogP contribution in [0.2, 0.25) is 0 Å². The average Bonchev–Trinajstić information content (AvgIpc) is 3.12. The zero-order valence-corrected chi connectivity index (χ0v) is 15.6. The summed E-state index contributed by atoms with van der Waals surface area (Å²) in [4.78, 5) is 19.9. The normalized spacial score (nSPS) is 11.7. The van der Waals surface area contributed by atoms with Crippen molar-refractivity contribution < 1.29 is 13.2 Å². The second-order valence-corrected chi connectivity index (χ2v) is 7.77. The average molecular weight is 381 g/mol. The first-order chi connectivity index (χ1) is 12.4. The maximum Gasteiger partial charge on any atom is 0.279 e. The van der Waals surface area contributed by atoms with Gasteiger partial charge >= 0.3 is 0 Å². The van der Waals surface area contributed by atoms with E-state index in [1.165, 1.54) is 20.4 Å². The van der Waals surface area contributed by atoms with Gasteiger partial charge in [-0.15, -0.1) is 0 Å². The summed E-state index contributed by atoms with van der Waals surface area (Å²) in [5.41, 5.74) is 1.43. The molecular weight excluding hydrogens is 358 g/mol. The molecule has 2 aromatic rings. The molecule has 2 rings (SSSR count). The third kappa shape index (κ3) is 6.50. The summed E-state index contributed by atoms with van der Waals surface area (Å²) in [6.07, 6.45) is 5.69. The molecule has 0 saturated heterocycles. The predicted octanol–water partition coefficient (Wildman–Crippen LogP) is -0.334. The number of hydrogen-bond acceptors (Lipinski definition) is 6. The molecule has 11 heteroatoms. The Balaban J connectivity index is 1.76. The maximum atomic E-state index is 11.9. The highest BCUT2D eigenvalue weighted by Gasteiger charge is 2.12. The van der Waals surface area contributed by atoms with Crippen LogP contribution in [0.5, 0.6) is 0 Å². The molecule has 0 aliphatic heterocycles. The predicted molar refractivity (Wildman–Crippen MR) is 94.8 cm³/mol. The van der Waals surface area contributed by atoms with Crippen LogP contribution in [-0.4, -0.2) is 52.5 Å². The van der Waals surface area contributed by atoms with Gasteiger partial charge in [0.2, 0.25) is 5.91 Å². The van der Waals surface area contributed by atoms with Crippen molar-refractivity contribution in [1.29, 1.82) is 0 Å². The molecule has 0 fully saturated rings. The standard InChI is InChI=1S/C15H23N7O3S/c1-21(2)26(24,25)20-9-13-5-6-17-14(8-13)10-18-15(23)4-3-7-22-12-16-11-19-22/h5-6,8,11-12,20H,3-4,7,9-10H2,1-2H3,(H,18,23).